The molecule has 1 aromatic carbocycles. The summed E-state index contributed by atoms with van der Waals surface area (Å²) in [6.07, 6.45) is -0.425. The van der Waals surface area contributed by atoms with Gasteiger partial charge >= 0.3 is 0 Å². The molecular formula is C16H18ClN3O2. The summed E-state index contributed by atoms with van der Waals surface area (Å²) in [4.78, 5) is 14.0. The van der Waals surface area contributed by atoms with Crippen molar-refractivity contribution in [3.8, 4) is 0 Å². The van der Waals surface area contributed by atoms with E-state index in [2.05, 4.69) is 5.10 Å². The van der Waals surface area contributed by atoms with Gasteiger partial charge in [-0.05, 0) is 19.4 Å². The first kappa shape index (κ1) is 15.1. The van der Waals surface area contributed by atoms with Crippen LogP contribution in [0.5, 0.6) is 0 Å². The van der Waals surface area contributed by atoms with Crippen molar-refractivity contribution in [1.82, 2.24) is 14.7 Å². The van der Waals surface area contributed by atoms with E-state index in [9.17, 15) is 9.90 Å². The van der Waals surface area contributed by atoms with Crippen LogP contribution in [-0.4, -0.2) is 44.9 Å². The molecule has 1 amide bonds. The maximum atomic E-state index is 12.4. The van der Waals surface area contributed by atoms with Gasteiger partial charge in [0.1, 0.15) is 5.15 Å². The maximum absolute atomic E-state index is 12.4. The average molecular weight is 320 g/mol. The number of aromatic nitrogens is 2. The van der Waals surface area contributed by atoms with Crippen LogP contribution in [0.25, 0.3) is 0 Å². The number of hydrogen-bond acceptors (Lipinski definition) is 3. The fourth-order valence-corrected chi connectivity index (χ4v) is 2.86. The lowest BCUT2D eigenvalue weighted by Crippen LogP contribution is -2.53. The Morgan fingerprint density at radius 1 is 1.32 bits per heavy atom. The highest BCUT2D eigenvalue weighted by Gasteiger charge is 2.33. The molecule has 1 aliphatic heterocycles. The molecule has 116 valence electrons. The van der Waals surface area contributed by atoms with E-state index in [1.807, 2.05) is 31.2 Å². The summed E-state index contributed by atoms with van der Waals surface area (Å²) >= 11 is 6.36. The fraction of sp³-hybridized carbons (Fsp3) is 0.375. The van der Waals surface area contributed by atoms with Crippen LogP contribution in [0, 0.1) is 13.8 Å². The molecule has 1 fully saturated rings. The van der Waals surface area contributed by atoms with Gasteiger partial charge in [0.15, 0.2) is 0 Å². The van der Waals surface area contributed by atoms with E-state index in [4.69, 9.17) is 11.6 Å². The van der Waals surface area contributed by atoms with Crippen LogP contribution in [0.15, 0.2) is 24.3 Å². The van der Waals surface area contributed by atoms with Crippen molar-refractivity contribution in [2.45, 2.75) is 26.5 Å². The summed E-state index contributed by atoms with van der Waals surface area (Å²) in [6.45, 7) is 5.05. The molecule has 1 aromatic heterocycles. The zero-order chi connectivity index (χ0) is 15.9. The van der Waals surface area contributed by atoms with E-state index >= 15 is 0 Å². The van der Waals surface area contributed by atoms with Gasteiger partial charge < -0.3 is 10.0 Å². The third kappa shape index (κ3) is 2.74. The smallest absolute Gasteiger partial charge is 0.259 e. The topological polar surface area (TPSA) is 58.4 Å². The Bertz CT molecular complexity index is 703. The molecule has 6 heteroatoms. The molecule has 0 radical (unpaired) electrons. The average Bonchev–Trinajstić information content (AvgIpc) is 2.72. The SMILES string of the molecule is Cc1ccc(Cn2nc(C)c(C(=O)N3CC(O)C3)c2Cl)cc1. The number of likely N-dealkylation sites (tertiary alicyclic amines) is 1. The van der Waals surface area contributed by atoms with Crippen LogP contribution in [0.3, 0.4) is 0 Å². The predicted molar refractivity (Wildman–Crippen MR) is 84.2 cm³/mol. The minimum atomic E-state index is -0.425. The van der Waals surface area contributed by atoms with Gasteiger partial charge in [0, 0.05) is 13.1 Å². The Balaban J connectivity index is 1.83. The van der Waals surface area contributed by atoms with E-state index in [0.717, 1.165) is 5.56 Å². The molecule has 1 N–H and O–H groups in total. The van der Waals surface area contributed by atoms with Crippen molar-refractivity contribution < 1.29 is 9.90 Å². The van der Waals surface area contributed by atoms with Crippen LogP contribution in [0.1, 0.15) is 27.2 Å². The zero-order valence-corrected chi connectivity index (χ0v) is 13.3. The number of carbonyl (C=O) groups is 1. The predicted octanol–water partition coefficient (Wildman–Crippen LogP) is 2.02. The second-order valence-electron chi connectivity index (χ2n) is 5.76. The first-order chi connectivity index (χ1) is 10.5. The molecule has 2 aromatic rings. The third-order valence-electron chi connectivity index (χ3n) is 3.88. The molecule has 3 rings (SSSR count). The van der Waals surface area contributed by atoms with Crippen LogP contribution < -0.4 is 0 Å². The molecule has 0 unspecified atom stereocenters. The summed E-state index contributed by atoms with van der Waals surface area (Å²) in [5.41, 5.74) is 3.32. The van der Waals surface area contributed by atoms with E-state index in [0.29, 0.717) is 36.0 Å². The molecular weight excluding hydrogens is 302 g/mol. The lowest BCUT2D eigenvalue weighted by molar-refractivity contribution is 0.00584. The summed E-state index contributed by atoms with van der Waals surface area (Å²) in [7, 11) is 0. The van der Waals surface area contributed by atoms with Crippen molar-refractivity contribution >= 4 is 17.5 Å². The Morgan fingerprint density at radius 2 is 1.95 bits per heavy atom. The number of rotatable bonds is 3. The normalized spacial score (nSPS) is 15.0. The van der Waals surface area contributed by atoms with Gasteiger partial charge in [-0.3, -0.25) is 4.79 Å². The molecule has 22 heavy (non-hydrogen) atoms. The highest BCUT2D eigenvalue weighted by atomic mass is 35.5. The van der Waals surface area contributed by atoms with Crippen molar-refractivity contribution in [3.63, 3.8) is 0 Å². The fourth-order valence-electron chi connectivity index (χ4n) is 2.55. The summed E-state index contributed by atoms with van der Waals surface area (Å²) in [6, 6.07) is 8.12. The quantitative estimate of drug-likeness (QED) is 0.941. The number of aliphatic hydroxyl groups excluding tert-OH is 1. The molecule has 0 spiro atoms. The van der Waals surface area contributed by atoms with Crippen molar-refractivity contribution in [1.29, 1.82) is 0 Å². The number of halogens is 1. The molecule has 0 aliphatic carbocycles. The van der Waals surface area contributed by atoms with Crippen molar-refractivity contribution in [2.24, 2.45) is 0 Å². The lowest BCUT2D eigenvalue weighted by atomic mass is 10.1. The highest BCUT2D eigenvalue weighted by Crippen LogP contribution is 2.24. The number of nitrogens with zero attached hydrogens (tertiary/aromatic N) is 3. The molecule has 0 bridgehead atoms. The first-order valence-corrected chi connectivity index (χ1v) is 7.59. The molecule has 1 aliphatic rings. The third-order valence-corrected chi connectivity index (χ3v) is 4.27. The maximum Gasteiger partial charge on any atom is 0.259 e. The minimum absolute atomic E-state index is 0.164. The van der Waals surface area contributed by atoms with Gasteiger partial charge in [0.2, 0.25) is 0 Å². The number of hydrogen-bond donors (Lipinski definition) is 1. The van der Waals surface area contributed by atoms with Crippen LogP contribution in [0.4, 0.5) is 0 Å². The largest absolute Gasteiger partial charge is 0.389 e. The number of β-amino-alcohol motifs (C(OH)–C–C–N with tert-alkyl or cyclic N) is 1. The van der Waals surface area contributed by atoms with E-state index in [1.165, 1.54) is 5.56 Å². The molecule has 5 nitrogen and oxygen atoms in total. The van der Waals surface area contributed by atoms with Crippen LogP contribution in [0.2, 0.25) is 5.15 Å². The van der Waals surface area contributed by atoms with Gasteiger partial charge in [-0.2, -0.15) is 5.10 Å². The number of benzene rings is 1. The van der Waals surface area contributed by atoms with Crippen LogP contribution in [-0.2, 0) is 6.54 Å². The Morgan fingerprint density at radius 3 is 2.55 bits per heavy atom. The second-order valence-corrected chi connectivity index (χ2v) is 6.12. The number of aliphatic hydroxyl groups is 1. The van der Waals surface area contributed by atoms with Crippen molar-refractivity contribution in [3.05, 3.63) is 51.8 Å². The Hall–Kier alpha value is -1.85. The van der Waals surface area contributed by atoms with Crippen LogP contribution >= 0.6 is 11.6 Å². The van der Waals surface area contributed by atoms with Gasteiger partial charge in [-0.25, -0.2) is 4.68 Å². The summed E-state index contributed by atoms with van der Waals surface area (Å²) in [5.74, 6) is -0.164. The van der Waals surface area contributed by atoms with E-state index in [-0.39, 0.29) is 5.91 Å². The van der Waals surface area contributed by atoms with Gasteiger partial charge in [-0.15, -0.1) is 0 Å². The van der Waals surface area contributed by atoms with E-state index < -0.39 is 6.10 Å². The van der Waals surface area contributed by atoms with Crippen molar-refractivity contribution in [2.75, 3.05) is 13.1 Å². The zero-order valence-electron chi connectivity index (χ0n) is 12.6. The Labute approximate surface area is 134 Å². The number of amides is 1. The molecule has 2 heterocycles. The van der Waals surface area contributed by atoms with Gasteiger partial charge in [0.05, 0.1) is 23.9 Å². The molecule has 0 saturated carbocycles. The lowest BCUT2D eigenvalue weighted by Gasteiger charge is -2.35. The summed E-state index contributed by atoms with van der Waals surface area (Å²) in [5, 5.41) is 14.1. The van der Waals surface area contributed by atoms with Gasteiger partial charge in [-0.1, -0.05) is 41.4 Å². The van der Waals surface area contributed by atoms with E-state index in [1.54, 1.807) is 16.5 Å². The monoisotopic (exact) mass is 319 g/mol. The molecule has 0 atom stereocenters. The number of carbonyl (C=O) groups excluding carboxylic acids is 1. The highest BCUT2D eigenvalue weighted by molar-refractivity contribution is 6.33. The van der Waals surface area contributed by atoms with Gasteiger partial charge in [0.25, 0.3) is 5.91 Å². The first-order valence-electron chi connectivity index (χ1n) is 7.21. The Kier molecular flexibility index (Phi) is 3.93. The number of aryl methyl sites for hydroxylation is 2. The summed E-state index contributed by atoms with van der Waals surface area (Å²) < 4.78 is 1.64. The second kappa shape index (κ2) is 5.74. The minimum Gasteiger partial charge on any atom is -0.389 e. The molecule has 1 saturated heterocycles. The standard InChI is InChI=1S/C16H18ClN3O2/c1-10-3-5-12(6-4-10)7-20-15(17)14(11(2)18-20)16(22)19-8-13(21)9-19/h3-6,13,21H,7-9H2,1-2H3.